The zero-order chi connectivity index (χ0) is 24.8. The first kappa shape index (κ1) is 24.0. The maximum absolute atomic E-state index is 15.8. The Kier molecular flexibility index (Phi) is 6.26. The molecule has 1 N–H and O–H groups in total. The van der Waals surface area contributed by atoms with E-state index < -0.39 is 34.7 Å². The molecule has 1 aromatic heterocycles. The number of rotatable bonds is 5. The molecule has 1 atom stereocenters. The molecule has 2 aliphatic rings. The van der Waals surface area contributed by atoms with Crippen LogP contribution in [0.5, 0.6) is 0 Å². The fraction of sp³-hybridized carbons (Fsp3) is 0.542. The minimum Gasteiger partial charge on any atom is -0.462 e. The van der Waals surface area contributed by atoms with Gasteiger partial charge in [-0.1, -0.05) is 0 Å². The third-order valence-corrected chi connectivity index (χ3v) is 5.84. The molecular weight excluding hydrogens is 448 g/mol. The summed E-state index contributed by atoms with van der Waals surface area (Å²) in [5.41, 5.74) is -1.94. The van der Waals surface area contributed by atoms with E-state index in [0.717, 1.165) is 18.9 Å². The van der Waals surface area contributed by atoms with Crippen LogP contribution in [0.25, 0.3) is 10.9 Å². The van der Waals surface area contributed by atoms with Gasteiger partial charge in [0.1, 0.15) is 22.7 Å². The zero-order valence-corrected chi connectivity index (χ0v) is 19.7. The van der Waals surface area contributed by atoms with Crippen molar-refractivity contribution >= 4 is 28.7 Å². The third kappa shape index (κ3) is 4.71. The van der Waals surface area contributed by atoms with Crippen molar-refractivity contribution in [3.63, 3.8) is 0 Å². The topological polar surface area (TPSA) is 89.9 Å². The first-order valence-electron chi connectivity index (χ1n) is 11.5. The van der Waals surface area contributed by atoms with Crippen molar-refractivity contribution in [3.05, 3.63) is 39.7 Å². The summed E-state index contributed by atoms with van der Waals surface area (Å²) in [4.78, 5) is 38.8. The van der Waals surface area contributed by atoms with E-state index in [1.807, 2.05) is 0 Å². The molecule has 1 amide bonds. The highest BCUT2D eigenvalue weighted by atomic mass is 19.1. The minimum absolute atomic E-state index is 0.0273. The van der Waals surface area contributed by atoms with Gasteiger partial charge in [0.05, 0.1) is 23.6 Å². The number of fused-ring (bicyclic) bond motifs is 1. The highest BCUT2D eigenvalue weighted by Gasteiger charge is 2.34. The number of nitrogens with zero attached hydrogens (tertiary/aromatic N) is 2. The van der Waals surface area contributed by atoms with Crippen molar-refractivity contribution in [3.8, 4) is 0 Å². The molecule has 1 aromatic carbocycles. The van der Waals surface area contributed by atoms with Crippen LogP contribution in [0, 0.1) is 11.6 Å². The summed E-state index contributed by atoms with van der Waals surface area (Å²) in [6.07, 6.45) is 2.73. The summed E-state index contributed by atoms with van der Waals surface area (Å²) in [6, 6.07) is 0.567. The lowest BCUT2D eigenvalue weighted by atomic mass is 10.1. The van der Waals surface area contributed by atoms with Crippen LogP contribution in [0.1, 0.15) is 63.4 Å². The summed E-state index contributed by atoms with van der Waals surface area (Å²) < 4.78 is 42.8. The molecular formula is C24H29F2N3O5. The molecule has 10 heteroatoms. The van der Waals surface area contributed by atoms with E-state index in [1.165, 1.54) is 11.1 Å². The van der Waals surface area contributed by atoms with Crippen LogP contribution in [0.15, 0.2) is 17.1 Å². The second-order valence-electron chi connectivity index (χ2n) is 9.73. The highest BCUT2D eigenvalue weighted by Crippen LogP contribution is 2.40. The number of hydrogen-bond donors (Lipinski definition) is 1. The van der Waals surface area contributed by atoms with E-state index in [2.05, 4.69) is 5.32 Å². The Morgan fingerprint density at radius 3 is 2.53 bits per heavy atom. The Hall–Kier alpha value is -3.17. The number of nitrogens with one attached hydrogen (secondary N) is 1. The van der Waals surface area contributed by atoms with Gasteiger partial charge in [-0.3, -0.25) is 4.79 Å². The van der Waals surface area contributed by atoms with E-state index in [4.69, 9.17) is 9.47 Å². The summed E-state index contributed by atoms with van der Waals surface area (Å²) in [7, 11) is 0. The SMILES string of the molecule is CCOC(=O)c1cn(C2CC2)c2c(F)c(N3CC[C@@H](NC(=O)OC(C)(C)C)C3)c(F)cc2c1=O. The van der Waals surface area contributed by atoms with E-state index in [9.17, 15) is 14.4 Å². The van der Waals surface area contributed by atoms with Crippen molar-refractivity contribution in [1.29, 1.82) is 0 Å². The third-order valence-electron chi connectivity index (χ3n) is 5.84. The molecule has 1 saturated heterocycles. The van der Waals surface area contributed by atoms with Crippen LogP contribution in [0.3, 0.4) is 0 Å². The maximum atomic E-state index is 15.8. The van der Waals surface area contributed by atoms with Crippen molar-refractivity contribution in [1.82, 2.24) is 9.88 Å². The van der Waals surface area contributed by atoms with Gasteiger partial charge in [0.25, 0.3) is 0 Å². The molecule has 0 spiro atoms. The summed E-state index contributed by atoms with van der Waals surface area (Å²) in [5.74, 6) is -2.57. The van der Waals surface area contributed by atoms with Gasteiger partial charge in [0.15, 0.2) is 5.82 Å². The second kappa shape index (κ2) is 8.88. The van der Waals surface area contributed by atoms with Gasteiger partial charge in [-0.2, -0.15) is 0 Å². The fourth-order valence-corrected chi connectivity index (χ4v) is 4.27. The molecule has 1 aliphatic heterocycles. The monoisotopic (exact) mass is 477 g/mol. The molecule has 1 saturated carbocycles. The Morgan fingerprint density at radius 2 is 1.91 bits per heavy atom. The summed E-state index contributed by atoms with van der Waals surface area (Å²) >= 11 is 0. The molecule has 0 bridgehead atoms. The van der Waals surface area contributed by atoms with Crippen molar-refractivity contribution in [2.24, 2.45) is 0 Å². The van der Waals surface area contributed by atoms with Crippen molar-refractivity contribution in [2.45, 2.75) is 64.6 Å². The number of pyridine rings is 1. The van der Waals surface area contributed by atoms with Gasteiger partial charge in [-0.25, -0.2) is 18.4 Å². The normalized spacial score (nSPS) is 18.3. The van der Waals surface area contributed by atoms with Gasteiger partial charge >= 0.3 is 12.1 Å². The number of esters is 1. The molecule has 184 valence electrons. The molecule has 0 unspecified atom stereocenters. The highest BCUT2D eigenvalue weighted by molar-refractivity contribution is 5.95. The maximum Gasteiger partial charge on any atom is 0.407 e. The number of ether oxygens (including phenoxy) is 2. The van der Waals surface area contributed by atoms with Crippen LogP contribution in [-0.4, -0.2) is 48.0 Å². The Labute approximate surface area is 195 Å². The molecule has 8 nitrogen and oxygen atoms in total. The minimum atomic E-state index is -0.900. The average Bonchev–Trinajstić information content (AvgIpc) is 3.47. The van der Waals surface area contributed by atoms with Gasteiger partial charge in [0, 0.05) is 25.3 Å². The Morgan fingerprint density at radius 1 is 1.21 bits per heavy atom. The first-order chi connectivity index (χ1) is 16.0. The number of amides is 1. The number of anilines is 1. The van der Waals surface area contributed by atoms with Crippen LogP contribution in [0.4, 0.5) is 19.3 Å². The van der Waals surface area contributed by atoms with Crippen molar-refractivity contribution in [2.75, 3.05) is 24.6 Å². The lowest BCUT2D eigenvalue weighted by Crippen LogP contribution is -2.40. The largest absolute Gasteiger partial charge is 0.462 e. The summed E-state index contributed by atoms with van der Waals surface area (Å²) in [5, 5.41) is 2.54. The molecule has 2 aromatic rings. The van der Waals surface area contributed by atoms with E-state index >= 15 is 8.78 Å². The average molecular weight is 478 g/mol. The number of hydrogen-bond acceptors (Lipinski definition) is 6. The number of aromatic nitrogens is 1. The fourth-order valence-electron chi connectivity index (χ4n) is 4.27. The molecule has 2 fully saturated rings. The van der Waals surface area contributed by atoms with Gasteiger partial charge in [0.2, 0.25) is 5.43 Å². The Balaban J connectivity index is 1.70. The summed E-state index contributed by atoms with van der Waals surface area (Å²) in [6.45, 7) is 7.45. The van der Waals surface area contributed by atoms with Crippen molar-refractivity contribution < 1.29 is 27.8 Å². The quantitative estimate of drug-likeness (QED) is 0.657. The van der Waals surface area contributed by atoms with E-state index in [-0.39, 0.29) is 47.4 Å². The lowest BCUT2D eigenvalue weighted by molar-refractivity contribution is 0.0503. The molecule has 2 heterocycles. The first-order valence-corrected chi connectivity index (χ1v) is 11.5. The number of benzene rings is 1. The van der Waals surface area contributed by atoms with E-state index in [0.29, 0.717) is 13.0 Å². The molecule has 4 rings (SSSR count). The second-order valence-corrected chi connectivity index (χ2v) is 9.73. The number of halogens is 2. The van der Waals surface area contributed by atoms with Gasteiger partial charge in [-0.15, -0.1) is 0 Å². The lowest BCUT2D eigenvalue weighted by Gasteiger charge is -2.24. The smallest absolute Gasteiger partial charge is 0.407 e. The predicted octanol–water partition coefficient (Wildman–Crippen LogP) is 3.89. The van der Waals surface area contributed by atoms with Crippen LogP contribution >= 0.6 is 0 Å². The molecule has 34 heavy (non-hydrogen) atoms. The van der Waals surface area contributed by atoms with Crippen LogP contribution < -0.4 is 15.6 Å². The van der Waals surface area contributed by atoms with Gasteiger partial charge in [-0.05, 0) is 53.0 Å². The zero-order valence-electron chi connectivity index (χ0n) is 19.7. The van der Waals surface area contributed by atoms with Gasteiger partial charge < -0.3 is 24.3 Å². The standard InChI is InChI=1S/C24H29F2N3O5/c1-5-33-22(31)16-12-29(14-6-7-14)19-15(21(16)30)10-17(25)20(18(19)26)28-9-8-13(11-28)27-23(32)34-24(2,3)4/h10,12-14H,5-9,11H2,1-4H3,(H,27,32)/t13-/m1/s1. The number of carbonyl (C=O) groups excluding carboxylic acids is 2. The molecule has 1 aliphatic carbocycles. The Bertz CT molecular complexity index is 1200. The van der Waals surface area contributed by atoms with Crippen LogP contribution in [-0.2, 0) is 9.47 Å². The predicted molar refractivity (Wildman–Crippen MR) is 122 cm³/mol. The number of carbonyl (C=O) groups is 2. The van der Waals surface area contributed by atoms with Crippen LogP contribution in [0.2, 0.25) is 0 Å². The number of alkyl carbamates (subject to hydrolysis) is 1. The molecule has 0 radical (unpaired) electrons. The van der Waals surface area contributed by atoms with E-state index in [1.54, 1.807) is 32.3 Å².